The van der Waals surface area contributed by atoms with Crippen molar-refractivity contribution in [3.63, 3.8) is 0 Å². The zero-order valence-electron chi connectivity index (χ0n) is 11.1. The van der Waals surface area contributed by atoms with E-state index in [4.69, 9.17) is 23.2 Å². The SMILES string of the molecule is CN(C1CCCC1)S(=O)(=O)c1cc(CO)c(Cl)cc1Cl. The molecule has 1 aliphatic rings. The molecule has 2 rings (SSSR count). The van der Waals surface area contributed by atoms with Gasteiger partial charge in [0.25, 0.3) is 0 Å². The highest BCUT2D eigenvalue weighted by molar-refractivity contribution is 7.89. The standard InChI is InChI=1S/C13H17Cl2NO3S/c1-16(10-4-2-3-5-10)20(18,19)13-6-9(8-17)11(14)7-12(13)15/h6-7,10,17H,2-5,8H2,1H3. The van der Waals surface area contributed by atoms with Crippen LogP contribution in [0.5, 0.6) is 0 Å². The van der Waals surface area contributed by atoms with Crippen molar-refractivity contribution in [2.45, 2.75) is 43.2 Å². The summed E-state index contributed by atoms with van der Waals surface area (Å²) in [5.74, 6) is 0. The Balaban J connectivity index is 2.43. The number of aliphatic hydroxyl groups is 1. The fraction of sp³-hybridized carbons (Fsp3) is 0.538. The molecule has 0 atom stereocenters. The predicted molar refractivity (Wildman–Crippen MR) is 79.6 cm³/mol. The highest BCUT2D eigenvalue weighted by Gasteiger charge is 2.31. The first kappa shape index (κ1) is 16.0. The van der Waals surface area contributed by atoms with Crippen LogP contribution < -0.4 is 0 Å². The monoisotopic (exact) mass is 337 g/mol. The minimum Gasteiger partial charge on any atom is -0.392 e. The van der Waals surface area contributed by atoms with Gasteiger partial charge in [-0.05, 0) is 30.5 Å². The molecule has 0 amide bonds. The molecule has 7 heteroatoms. The maximum atomic E-state index is 12.6. The van der Waals surface area contributed by atoms with Crippen molar-refractivity contribution in [1.29, 1.82) is 0 Å². The maximum absolute atomic E-state index is 12.6. The summed E-state index contributed by atoms with van der Waals surface area (Å²) in [6.45, 7) is -0.328. The van der Waals surface area contributed by atoms with Gasteiger partial charge in [-0.25, -0.2) is 8.42 Å². The van der Waals surface area contributed by atoms with Crippen LogP contribution in [-0.2, 0) is 16.6 Å². The second-order valence-electron chi connectivity index (χ2n) is 4.99. The molecule has 1 aromatic carbocycles. The summed E-state index contributed by atoms with van der Waals surface area (Å²) in [4.78, 5) is 0.00187. The Morgan fingerprint density at radius 2 is 1.85 bits per heavy atom. The van der Waals surface area contributed by atoms with E-state index < -0.39 is 10.0 Å². The van der Waals surface area contributed by atoms with E-state index in [2.05, 4.69) is 0 Å². The lowest BCUT2D eigenvalue weighted by molar-refractivity contribution is 0.281. The van der Waals surface area contributed by atoms with Gasteiger partial charge in [-0.1, -0.05) is 36.0 Å². The van der Waals surface area contributed by atoms with Crippen LogP contribution >= 0.6 is 23.2 Å². The quantitative estimate of drug-likeness (QED) is 0.918. The molecular weight excluding hydrogens is 321 g/mol. The van der Waals surface area contributed by atoms with E-state index in [9.17, 15) is 13.5 Å². The average molecular weight is 338 g/mol. The second kappa shape index (κ2) is 6.20. The molecule has 1 saturated carbocycles. The molecule has 0 spiro atoms. The Hall–Kier alpha value is -0.330. The van der Waals surface area contributed by atoms with E-state index in [0.717, 1.165) is 25.7 Å². The van der Waals surface area contributed by atoms with Gasteiger partial charge in [0.2, 0.25) is 10.0 Å². The number of hydrogen-bond acceptors (Lipinski definition) is 3. The summed E-state index contributed by atoms with van der Waals surface area (Å²) < 4.78 is 26.7. The van der Waals surface area contributed by atoms with Crippen LogP contribution in [0.15, 0.2) is 17.0 Å². The minimum atomic E-state index is -3.67. The highest BCUT2D eigenvalue weighted by Crippen LogP contribution is 2.33. The first-order valence-electron chi connectivity index (χ1n) is 6.44. The van der Waals surface area contributed by atoms with Crippen LogP contribution in [0.3, 0.4) is 0 Å². The summed E-state index contributed by atoms with van der Waals surface area (Å²) in [5.41, 5.74) is 0.356. The lowest BCUT2D eigenvalue weighted by Crippen LogP contribution is -2.35. The van der Waals surface area contributed by atoms with Crippen molar-refractivity contribution >= 4 is 33.2 Å². The van der Waals surface area contributed by atoms with Crippen LogP contribution in [-0.4, -0.2) is 30.9 Å². The molecule has 1 fully saturated rings. The van der Waals surface area contributed by atoms with Gasteiger partial charge in [0.1, 0.15) is 4.90 Å². The van der Waals surface area contributed by atoms with Crippen LogP contribution in [0.1, 0.15) is 31.2 Å². The number of hydrogen-bond donors (Lipinski definition) is 1. The topological polar surface area (TPSA) is 57.6 Å². The van der Waals surface area contributed by atoms with E-state index in [1.807, 2.05) is 0 Å². The first-order chi connectivity index (χ1) is 9.37. The summed E-state index contributed by atoms with van der Waals surface area (Å²) in [7, 11) is -2.09. The Kier molecular flexibility index (Phi) is 4.97. The Bertz CT molecular complexity index is 598. The normalized spacial score (nSPS) is 17.1. The smallest absolute Gasteiger partial charge is 0.244 e. The van der Waals surface area contributed by atoms with Gasteiger partial charge in [0, 0.05) is 18.1 Å². The van der Waals surface area contributed by atoms with Crippen molar-refractivity contribution in [2.75, 3.05) is 7.05 Å². The molecule has 0 aromatic heterocycles. The summed E-state index contributed by atoms with van der Waals surface area (Å²) in [5, 5.41) is 9.56. The number of sulfonamides is 1. The highest BCUT2D eigenvalue weighted by atomic mass is 35.5. The largest absolute Gasteiger partial charge is 0.392 e. The molecular formula is C13H17Cl2NO3S. The van der Waals surface area contributed by atoms with Crippen molar-refractivity contribution in [2.24, 2.45) is 0 Å². The van der Waals surface area contributed by atoms with Crippen LogP contribution in [0.25, 0.3) is 0 Å². The Labute approximate surface area is 129 Å². The molecule has 20 heavy (non-hydrogen) atoms. The summed E-state index contributed by atoms with van der Waals surface area (Å²) in [6, 6.07) is 2.74. The molecule has 0 saturated heterocycles. The van der Waals surface area contributed by atoms with E-state index in [0.29, 0.717) is 5.56 Å². The lowest BCUT2D eigenvalue weighted by atomic mass is 10.2. The third-order valence-electron chi connectivity index (χ3n) is 3.77. The molecule has 0 radical (unpaired) electrons. The van der Waals surface area contributed by atoms with Crippen molar-refractivity contribution in [1.82, 2.24) is 4.31 Å². The third-order valence-corrected chi connectivity index (χ3v) is 6.49. The first-order valence-corrected chi connectivity index (χ1v) is 8.64. The molecule has 1 N–H and O–H groups in total. The van der Waals surface area contributed by atoms with Crippen LogP contribution in [0, 0.1) is 0 Å². The zero-order valence-corrected chi connectivity index (χ0v) is 13.5. The predicted octanol–water partition coefficient (Wildman–Crippen LogP) is 3.05. The molecule has 0 heterocycles. The van der Waals surface area contributed by atoms with E-state index in [1.165, 1.54) is 16.4 Å². The number of halogens is 2. The number of rotatable bonds is 4. The third kappa shape index (κ3) is 2.97. The zero-order chi connectivity index (χ0) is 14.9. The Morgan fingerprint density at radius 1 is 1.25 bits per heavy atom. The van der Waals surface area contributed by atoms with E-state index >= 15 is 0 Å². The molecule has 0 unspecified atom stereocenters. The van der Waals surface area contributed by atoms with Crippen molar-refractivity contribution < 1.29 is 13.5 Å². The van der Waals surface area contributed by atoms with E-state index in [1.54, 1.807) is 7.05 Å². The van der Waals surface area contributed by atoms with Gasteiger partial charge in [0.05, 0.1) is 11.6 Å². The number of nitrogens with zero attached hydrogens (tertiary/aromatic N) is 1. The Morgan fingerprint density at radius 3 is 2.40 bits per heavy atom. The van der Waals surface area contributed by atoms with Gasteiger partial charge < -0.3 is 5.11 Å². The molecule has 112 valence electrons. The van der Waals surface area contributed by atoms with Gasteiger partial charge >= 0.3 is 0 Å². The van der Waals surface area contributed by atoms with Gasteiger partial charge in [-0.3, -0.25) is 0 Å². The minimum absolute atomic E-state index is 0.00187. The fourth-order valence-corrected chi connectivity index (χ4v) is 4.75. The van der Waals surface area contributed by atoms with Gasteiger partial charge in [0.15, 0.2) is 0 Å². The van der Waals surface area contributed by atoms with Crippen molar-refractivity contribution in [3.05, 3.63) is 27.7 Å². The maximum Gasteiger partial charge on any atom is 0.244 e. The molecule has 0 bridgehead atoms. The van der Waals surface area contributed by atoms with Gasteiger partial charge in [-0.2, -0.15) is 4.31 Å². The summed E-state index contributed by atoms with van der Waals surface area (Å²) in [6.07, 6.45) is 3.82. The van der Waals surface area contributed by atoms with Crippen LogP contribution in [0.4, 0.5) is 0 Å². The number of aliphatic hydroxyl groups excluding tert-OH is 1. The molecule has 1 aliphatic carbocycles. The molecule has 1 aromatic rings. The average Bonchev–Trinajstić information content (AvgIpc) is 2.91. The van der Waals surface area contributed by atoms with Crippen LogP contribution in [0.2, 0.25) is 10.0 Å². The summed E-state index contributed by atoms with van der Waals surface area (Å²) >= 11 is 11.9. The number of benzene rings is 1. The second-order valence-corrected chi connectivity index (χ2v) is 7.77. The molecule has 0 aliphatic heterocycles. The molecule has 4 nitrogen and oxygen atoms in total. The van der Waals surface area contributed by atoms with Crippen molar-refractivity contribution in [3.8, 4) is 0 Å². The van der Waals surface area contributed by atoms with Gasteiger partial charge in [-0.15, -0.1) is 0 Å². The fourth-order valence-electron chi connectivity index (χ4n) is 2.51. The lowest BCUT2D eigenvalue weighted by Gasteiger charge is -2.24. The van der Waals surface area contributed by atoms with E-state index in [-0.39, 0.29) is 27.6 Å².